The number of aryl methyl sites for hydroxylation is 2. The molecule has 0 aromatic carbocycles. The van der Waals surface area contributed by atoms with Crippen molar-refractivity contribution in [3.8, 4) is 0 Å². The van der Waals surface area contributed by atoms with Crippen molar-refractivity contribution >= 4 is 22.7 Å². The summed E-state index contributed by atoms with van der Waals surface area (Å²) >= 11 is 2.91. The molecule has 1 aromatic heterocycles. The van der Waals surface area contributed by atoms with Crippen molar-refractivity contribution in [2.75, 3.05) is 0 Å². The molecule has 2 rings (SSSR count). The van der Waals surface area contributed by atoms with Crippen LogP contribution in [0, 0.1) is 0 Å². The molecule has 10 heavy (non-hydrogen) atoms. The Morgan fingerprint density at radius 3 is 2.00 bits per heavy atom. The number of fused-ring (bicyclic) bond motifs is 1. The molecule has 0 unspecified atom stereocenters. The van der Waals surface area contributed by atoms with Crippen molar-refractivity contribution in [1.29, 1.82) is 0 Å². The molecule has 0 amide bonds. The van der Waals surface area contributed by atoms with Crippen LogP contribution in [0.3, 0.4) is 0 Å². The predicted molar refractivity (Wildman–Crippen MR) is 45.1 cm³/mol. The van der Waals surface area contributed by atoms with Gasteiger partial charge in [0.1, 0.15) is 0 Å². The summed E-state index contributed by atoms with van der Waals surface area (Å²) in [4.78, 5) is 13.6. The van der Waals surface area contributed by atoms with E-state index in [0.29, 0.717) is 0 Å². The van der Waals surface area contributed by atoms with Gasteiger partial charge in [0.2, 0.25) is 0 Å². The van der Waals surface area contributed by atoms with Gasteiger partial charge in [0, 0.05) is 9.75 Å². The number of hydrogen-bond donors (Lipinski definition) is 0. The molecule has 1 aliphatic rings. The van der Waals surface area contributed by atoms with Gasteiger partial charge >= 0.3 is 0 Å². The molecule has 1 heterocycles. The molecule has 3 heteroatoms. The highest BCUT2D eigenvalue weighted by Crippen LogP contribution is 2.25. The molecule has 0 aliphatic heterocycles. The van der Waals surface area contributed by atoms with Crippen molar-refractivity contribution in [1.82, 2.24) is 0 Å². The summed E-state index contributed by atoms with van der Waals surface area (Å²) in [5.74, 6) is 0. The Balaban J connectivity index is 2.50. The first kappa shape index (κ1) is 6.55. The molecule has 54 valence electrons. The average molecular weight is 172 g/mol. The zero-order chi connectivity index (χ0) is 6.97. The average Bonchev–Trinajstić information content (AvgIpc) is 2.27. The van der Waals surface area contributed by atoms with Crippen LogP contribution < -0.4 is 4.06 Å². The minimum atomic E-state index is 0.284. The quantitative estimate of drug-likeness (QED) is 0.585. The second-order valence-corrected chi connectivity index (χ2v) is 4.90. The standard InChI is InChI=1S/C7H8OS2/c8-7-9-5-3-1-2-4-6(5)10-7/h1-4H2. The molecule has 0 saturated heterocycles. The van der Waals surface area contributed by atoms with E-state index in [9.17, 15) is 4.79 Å². The first-order valence-corrected chi connectivity index (χ1v) is 5.11. The first-order valence-electron chi connectivity index (χ1n) is 3.48. The summed E-state index contributed by atoms with van der Waals surface area (Å²) in [6.45, 7) is 0. The van der Waals surface area contributed by atoms with E-state index in [2.05, 4.69) is 0 Å². The Morgan fingerprint density at radius 2 is 1.50 bits per heavy atom. The van der Waals surface area contributed by atoms with E-state index < -0.39 is 0 Å². The van der Waals surface area contributed by atoms with Gasteiger partial charge in [-0.1, -0.05) is 22.7 Å². The fraction of sp³-hybridized carbons (Fsp3) is 0.571. The van der Waals surface area contributed by atoms with Crippen LogP contribution in [0.4, 0.5) is 0 Å². The summed E-state index contributed by atoms with van der Waals surface area (Å²) in [5, 5.41) is 0. The van der Waals surface area contributed by atoms with Crippen LogP contribution in [-0.4, -0.2) is 0 Å². The Morgan fingerprint density at radius 1 is 1.00 bits per heavy atom. The van der Waals surface area contributed by atoms with Gasteiger partial charge in [0.15, 0.2) is 0 Å². The lowest BCUT2D eigenvalue weighted by molar-refractivity contribution is 0.705. The third-order valence-electron chi connectivity index (χ3n) is 1.78. The third-order valence-corrected chi connectivity index (χ3v) is 4.14. The van der Waals surface area contributed by atoms with E-state index in [1.165, 1.54) is 45.3 Å². The maximum atomic E-state index is 10.9. The lowest BCUT2D eigenvalue weighted by Gasteiger charge is -2.07. The molecule has 0 N–H and O–H groups in total. The maximum Gasteiger partial charge on any atom is 0.287 e. The second kappa shape index (κ2) is 2.47. The zero-order valence-corrected chi connectivity index (χ0v) is 7.19. The van der Waals surface area contributed by atoms with E-state index in [-0.39, 0.29) is 4.06 Å². The molecule has 1 aromatic rings. The molecular weight excluding hydrogens is 164 g/mol. The van der Waals surface area contributed by atoms with Gasteiger partial charge in [-0.3, -0.25) is 4.79 Å². The van der Waals surface area contributed by atoms with Crippen LogP contribution in [0.2, 0.25) is 0 Å². The van der Waals surface area contributed by atoms with Crippen molar-refractivity contribution in [2.45, 2.75) is 25.7 Å². The molecule has 0 saturated carbocycles. The van der Waals surface area contributed by atoms with E-state index in [0.717, 1.165) is 12.8 Å². The molecule has 0 fully saturated rings. The summed E-state index contributed by atoms with van der Waals surface area (Å²) in [7, 11) is 0. The topological polar surface area (TPSA) is 17.1 Å². The van der Waals surface area contributed by atoms with Gasteiger partial charge in [-0.15, -0.1) is 0 Å². The Kier molecular flexibility index (Phi) is 1.62. The van der Waals surface area contributed by atoms with Crippen LogP contribution >= 0.6 is 22.7 Å². The summed E-state index contributed by atoms with van der Waals surface area (Å²) in [6, 6.07) is 0. The van der Waals surface area contributed by atoms with Crippen molar-refractivity contribution in [3.63, 3.8) is 0 Å². The SMILES string of the molecule is O=c1sc2c(s1)CCCC2. The van der Waals surface area contributed by atoms with Crippen molar-refractivity contribution in [2.24, 2.45) is 0 Å². The molecule has 0 bridgehead atoms. The predicted octanol–water partition coefficient (Wildman–Crippen LogP) is 2.05. The summed E-state index contributed by atoms with van der Waals surface area (Å²) in [6.07, 6.45) is 4.86. The van der Waals surface area contributed by atoms with Crippen LogP contribution in [0.25, 0.3) is 0 Å². The van der Waals surface area contributed by atoms with Crippen LogP contribution in [0.1, 0.15) is 22.6 Å². The van der Waals surface area contributed by atoms with E-state index in [1.807, 2.05) is 0 Å². The second-order valence-electron chi connectivity index (χ2n) is 2.51. The Labute approximate surface area is 67.3 Å². The molecule has 1 aliphatic carbocycles. The monoisotopic (exact) mass is 172 g/mol. The van der Waals surface area contributed by atoms with Crippen LogP contribution in [0.15, 0.2) is 4.79 Å². The van der Waals surface area contributed by atoms with Crippen LogP contribution in [0.5, 0.6) is 0 Å². The van der Waals surface area contributed by atoms with E-state index >= 15 is 0 Å². The minimum Gasteiger partial charge on any atom is -0.265 e. The van der Waals surface area contributed by atoms with Gasteiger partial charge in [0.25, 0.3) is 4.06 Å². The Hall–Kier alpha value is -0.150. The fourth-order valence-corrected chi connectivity index (χ4v) is 3.64. The van der Waals surface area contributed by atoms with Crippen molar-refractivity contribution in [3.05, 3.63) is 18.6 Å². The molecule has 0 spiro atoms. The van der Waals surface area contributed by atoms with Gasteiger partial charge < -0.3 is 0 Å². The van der Waals surface area contributed by atoms with E-state index in [4.69, 9.17) is 0 Å². The smallest absolute Gasteiger partial charge is 0.265 e. The lowest BCUT2D eigenvalue weighted by Crippen LogP contribution is -1.95. The Bertz CT molecular complexity index is 258. The highest BCUT2D eigenvalue weighted by molar-refractivity contribution is 7.27. The molecule has 0 radical (unpaired) electrons. The zero-order valence-electron chi connectivity index (χ0n) is 5.55. The number of rotatable bonds is 0. The highest BCUT2D eigenvalue weighted by Gasteiger charge is 2.12. The van der Waals surface area contributed by atoms with Gasteiger partial charge in [-0.2, -0.15) is 0 Å². The molecule has 0 atom stereocenters. The molecule has 1 nitrogen and oxygen atoms in total. The van der Waals surface area contributed by atoms with Gasteiger partial charge in [-0.05, 0) is 25.7 Å². The normalized spacial score (nSPS) is 16.8. The third kappa shape index (κ3) is 1.04. The summed E-state index contributed by atoms with van der Waals surface area (Å²) in [5.41, 5.74) is 0. The van der Waals surface area contributed by atoms with Gasteiger partial charge in [0.05, 0.1) is 0 Å². The van der Waals surface area contributed by atoms with Crippen LogP contribution in [-0.2, 0) is 12.8 Å². The lowest BCUT2D eigenvalue weighted by atomic mass is 10.1. The summed E-state index contributed by atoms with van der Waals surface area (Å²) < 4.78 is 0.284. The highest BCUT2D eigenvalue weighted by atomic mass is 32.2. The fourth-order valence-electron chi connectivity index (χ4n) is 1.29. The number of hydrogen-bond acceptors (Lipinski definition) is 3. The minimum absolute atomic E-state index is 0.284. The largest absolute Gasteiger partial charge is 0.287 e. The first-order chi connectivity index (χ1) is 4.86. The van der Waals surface area contributed by atoms with E-state index in [1.54, 1.807) is 0 Å². The molecular formula is C7H8OS2. The van der Waals surface area contributed by atoms with Gasteiger partial charge in [-0.25, -0.2) is 0 Å². The maximum absolute atomic E-state index is 10.9. The van der Waals surface area contributed by atoms with Crippen molar-refractivity contribution < 1.29 is 0 Å².